The van der Waals surface area contributed by atoms with Gasteiger partial charge < -0.3 is 19.3 Å². The van der Waals surface area contributed by atoms with Crippen molar-refractivity contribution in [2.24, 2.45) is 0 Å². The molecular formula is C25H28FN7O6S. The lowest BCUT2D eigenvalue weighted by molar-refractivity contribution is 0.197. The molecule has 3 aromatic heterocycles. The fourth-order valence-corrected chi connectivity index (χ4v) is 5.04. The predicted molar refractivity (Wildman–Crippen MR) is 143 cm³/mol. The molecule has 2 N–H and O–H groups in total. The third kappa shape index (κ3) is 5.94. The van der Waals surface area contributed by atoms with Crippen molar-refractivity contribution in [3.8, 4) is 34.6 Å². The number of aliphatic hydroxyl groups is 1. The maximum Gasteiger partial charge on any atom is 0.243 e. The zero-order valence-corrected chi connectivity index (χ0v) is 23.0. The lowest BCUT2D eigenvalue weighted by Crippen LogP contribution is -2.31. The standard InChI is InChI=1S/C25H28FN7O6S/c1-15(23-27-13-17(26)14-28-23)16(2)40(35,36)32-25-31-30-24(18-7-5-10-21(29-18)39-12-11-34)33(25)22-19(37-3)8-6-9-20(22)38-4/h5-10,13-16,34H,11-12H2,1-4H3,(H,31,32). The third-order valence-electron chi connectivity index (χ3n) is 6.06. The van der Waals surface area contributed by atoms with Gasteiger partial charge in [-0.1, -0.05) is 19.1 Å². The summed E-state index contributed by atoms with van der Waals surface area (Å²) in [6.45, 7) is 2.93. The number of anilines is 1. The number of hydrogen-bond acceptors (Lipinski definition) is 11. The molecule has 0 amide bonds. The number of nitrogens with one attached hydrogen (secondary N) is 1. The normalized spacial score (nSPS) is 12.9. The van der Waals surface area contributed by atoms with Crippen LogP contribution in [0.1, 0.15) is 25.6 Å². The number of nitrogens with zero attached hydrogens (tertiary/aromatic N) is 6. The summed E-state index contributed by atoms with van der Waals surface area (Å²) >= 11 is 0. The SMILES string of the molecule is COc1cccc(OC)c1-n1c(NS(=O)(=O)C(C)C(C)c2ncc(F)cn2)nnc1-c1cccc(OCCO)n1. The molecule has 0 aliphatic heterocycles. The molecule has 0 fully saturated rings. The van der Waals surface area contributed by atoms with E-state index in [0.717, 1.165) is 12.4 Å². The number of para-hydroxylation sites is 1. The van der Waals surface area contributed by atoms with E-state index in [9.17, 15) is 12.8 Å². The Bertz CT molecular complexity index is 1540. The summed E-state index contributed by atoms with van der Waals surface area (Å²) in [6, 6.07) is 9.97. The summed E-state index contributed by atoms with van der Waals surface area (Å²) in [5, 5.41) is 16.4. The minimum absolute atomic E-state index is 0.0301. The Morgan fingerprint density at radius 2 is 1.68 bits per heavy atom. The smallest absolute Gasteiger partial charge is 0.243 e. The van der Waals surface area contributed by atoms with Gasteiger partial charge in [-0.25, -0.2) is 27.8 Å². The molecule has 4 rings (SSSR count). The van der Waals surface area contributed by atoms with Crippen LogP contribution in [-0.4, -0.2) is 75.9 Å². The van der Waals surface area contributed by atoms with Crippen molar-refractivity contribution in [1.29, 1.82) is 0 Å². The molecule has 2 atom stereocenters. The van der Waals surface area contributed by atoms with Crippen LogP contribution in [0.4, 0.5) is 10.3 Å². The maximum absolute atomic E-state index is 13.5. The molecule has 212 valence electrons. The highest BCUT2D eigenvalue weighted by atomic mass is 32.2. The largest absolute Gasteiger partial charge is 0.494 e. The van der Waals surface area contributed by atoms with Gasteiger partial charge in [0.2, 0.25) is 21.9 Å². The third-order valence-corrected chi connectivity index (χ3v) is 7.91. The van der Waals surface area contributed by atoms with Gasteiger partial charge in [0, 0.05) is 12.0 Å². The number of benzene rings is 1. The minimum atomic E-state index is -4.13. The topological polar surface area (TPSA) is 163 Å². The van der Waals surface area contributed by atoms with Crippen molar-refractivity contribution in [3.63, 3.8) is 0 Å². The van der Waals surface area contributed by atoms with Crippen molar-refractivity contribution in [3.05, 3.63) is 60.4 Å². The van der Waals surface area contributed by atoms with E-state index in [0.29, 0.717) is 22.9 Å². The Hall–Kier alpha value is -4.37. The number of pyridine rings is 1. The summed E-state index contributed by atoms with van der Waals surface area (Å²) in [5.74, 6) is -0.275. The Morgan fingerprint density at radius 1 is 1.02 bits per heavy atom. The number of ether oxygens (including phenoxy) is 3. The molecule has 0 saturated carbocycles. The molecule has 15 heteroatoms. The first kappa shape index (κ1) is 28.6. The second-order valence-electron chi connectivity index (χ2n) is 8.53. The molecular weight excluding hydrogens is 545 g/mol. The van der Waals surface area contributed by atoms with Crippen LogP contribution in [-0.2, 0) is 10.0 Å². The van der Waals surface area contributed by atoms with Crippen molar-refractivity contribution in [1.82, 2.24) is 29.7 Å². The van der Waals surface area contributed by atoms with Gasteiger partial charge in [-0.05, 0) is 25.1 Å². The Morgan fingerprint density at radius 3 is 2.30 bits per heavy atom. The number of sulfonamides is 1. The van der Waals surface area contributed by atoms with Crippen molar-refractivity contribution in [2.75, 3.05) is 32.2 Å². The lowest BCUT2D eigenvalue weighted by Gasteiger charge is -2.21. The summed E-state index contributed by atoms with van der Waals surface area (Å²) in [4.78, 5) is 12.3. The highest BCUT2D eigenvalue weighted by Crippen LogP contribution is 2.38. The Labute approximate surface area is 230 Å². The van der Waals surface area contributed by atoms with Crippen molar-refractivity contribution >= 4 is 16.0 Å². The van der Waals surface area contributed by atoms with Gasteiger partial charge in [0.1, 0.15) is 35.3 Å². The number of rotatable bonds is 12. The van der Waals surface area contributed by atoms with E-state index in [1.54, 1.807) is 43.3 Å². The summed E-state index contributed by atoms with van der Waals surface area (Å²) in [7, 11) is -1.21. The highest BCUT2D eigenvalue weighted by Gasteiger charge is 2.32. The van der Waals surface area contributed by atoms with Gasteiger partial charge in [-0.3, -0.25) is 9.29 Å². The lowest BCUT2D eigenvalue weighted by atomic mass is 10.1. The van der Waals surface area contributed by atoms with E-state index in [2.05, 4.69) is 29.9 Å². The molecule has 13 nitrogen and oxygen atoms in total. The summed E-state index contributed by atoms with van der Waals surface area (Å²) in [6.07, 6.45) is 1.96. The molecule has 4 aromatic rings. The number of hydrogen-bond donors (Lipinski definition) is 2. The molecule has 0 aliphatic rings. The molecule has 1 aromatic carbocycles. The molecule has 3 heterocycles. The first-order valence-electron chi connectivity index (χ1n) is 12.1. The van der Waals surface area contributed by atoms with Gasteiger partial charge >= 0.3 is 0 Å². The van der Waals surface area contributed by atoms with Crippen molar-refractivity contribution < 1.29 is 32.1 Å². The monoisotopic (exact) mass is 573 g/mol. The predicted octanol–water partition coefficient (Wildman–Crippen LogP) is 2.58. The quantitative estimate of drug-likeness (QED) is 0.256. The molecule has 2 unspecified atom stereocenters. The van der Waals surface area contributed by atoms with E-state index in [1.165, 1.54) is 25.7 Å². The van der Waals surface area contributed by atoms with Crippen molar-refractivity contribution in [2.45, 2.75) is 25.0 Å². The van der Waals surface area contributed by atoms with Gasteiger partial charge in [-0.2, -0.15) is 0 Å². The number of methoxy groups -OCH3 is 2. The Balaban J connectivity index is 1.82. The average Bonchev–Trinajstić information content (AvgIpc) is 3.37. The van der Waals surface area contributed by atoms with Gasteiger partial charge in [0.25, 0.3) is 0 Å². The van der Waals surface area contributed by atoms with Gasteiger partial charge in [0.15, 0.2) is 11.6 Å². The average molecular weight is 574 g/mol. The Kier molecular flexibility index (Phi) is 8.74. The van der Waals surface area contributed by atoms with Crippen LogP contribution in [0.25, 0.3) is 17.2 Å². The molecule has 0 spiro atoms. The van der Waals surface area contributed by atoms with Gasteiger partial charge in [0.05, 0.1) is 38.5 Å². The summed E-state index contributed by atoms with van der Waals surface area (Å²) in [5.41, 5.74) is 0.610. The second kappa shape index (κ2) is 12.2. The van der Waals surface area contributed by atoms with E-state index in [1.807, 2.05) is 0 Å². The van der Waals surface area contributed by atoms with Crippen LogP contribution in [0.3, 0.4) is 0 Å². The molecule has 0 radical (unpaired) electrons. The minimum Gasteiger partial charge on any atom is -0.494 e. The van der Waals surface area contributed by atoms with E-state index in [-0.39, 0.29) is 36.7 Å². The molecule has 0 saturated heterocycles. The molecule has 0 aliphatic carbocycles. The number of halogens is 1. The van der Waals surface area contributed by atoms with Crippen LogP contribution in [0, 0.1) is 5.82 Å². The fourth-order valence-electron chi connectivity index (χ4n) is 3.81. The number of aromatic nitrogens is 6. The molecule has 40 heavy (non-hydrogen) atoms. The van der Waals surface area contributed by atoms with Crippen LogP contribution < -0.4 is 18.9 Å². The second-order valence-corrected chi connectivity index (χ2v) is 10.6. The van der Waals surface area contributed by atoms with Crippen LogP contribution in [0.15, 0.2) is 48.8 Å². The first-order valence-corrected chi connectivity index (χ1v) is 13.6. The van der Waals surface area contributed by atoms with E-state index >= 15 is 0 Å². The van der Waals surface area contributed by atoms with Crippen LogP contribution >= 0.6 is 0 Å². The fraction of sp³-hybridized carbons (Fsp3) is 0.320. The van der Waals surface area contributed by atoms with E-state index < -0.39 is 27.0 Å². The summed E-state index contributed by atoms with van der Waals surface area (Å²) < 4.78 is 60.9. The zero-order valence-electron chi connectivity index (χ0n) is 22.1. The molecule has 0 bridgehead atoms. The first-order chi connectivity index (χ1) is 19.2. The number of aliphatic hydroxyl groups excluding tert-OH is 1. The van der Waals surface area contributed by atoms with Crippen LogP contribution in [0.2, 0.25) is 0 Å². The maximum atomic E-state index is 13.5. The van der Waals surface area contributed by atoms with Crippen LogP contribution in [0.5, 0.6) is 17.4 Å². The van der Waals surface area contributed by atoms with Gasteiger partial charge in [-0.15, -0.1) is 10.2 Å². The zero-order chi connectivity index (χ0) is 28.9. The van der Waals surface area contributed by atoms with E-state index in [4.69, 9.17) is 19.3 Å². The highest BCUT2D eigenvalue weighted by molar-refractivity contribution is 7.93.